The first kappa shape index (κ1) is 23.6. The van der Waals surface area contributed by atoms with Gasteiger partial charge < -0.3 is 4.57 Å². The predicted molar refractivity (Wildman–Crippen MR) is 177 cm³/mol. The molecule has 0 saturated carbocycles. The van der Waals surface area contributed by atoms with Gasteiger partial charge in [-0.2, -0.15) is 0 Å². The van der Waals surface area contributed by atoms with Gasteiger partial charge in [-0.15, -0.1) is 32.9 Å². The average molecular weight is 575 g/mol. The Morgan fingerprint density at radius 2 is 1.12 bits per heavy atom. The molecule has 9 aromatic rings. The van der Waals surface area contributed by atoms with Crippen LogP contribution in [0.2, 0.25) is 0 Å². The Balaban J connectivity index is 1.34. The van der Waals surface area contributed by atoms with E-state index in [1.807, 2.05) is 46.9 Å². The molecule has 0 amide bonds. The van der Waals surface area contributed by atoms with E-state index in [0.29, 0.717) is 0 Å². The van der Waals surface area contributed by atoms with Gasteiger partial charge in [0.2, 0.25) is 0 Å². The molecule has 4 heterocycles. The van der Waals surface area contributed by atoms with Crippen LogP contribution >= 0.6 is 22.7 Å². The fraction of sp³-hybridized carbons (Fsp3) is 0. The topological polar surface area (TPSA) is 35.6 Å². The second kappa shape index (κ2) is 9.24. The molecular formula is C36H22N4S2. The molecule has 9 rings (SSSR count). The summed E-state index contributed by atoms with van der Waals surface area (Å²) >= 11 is 3.77. The van der Waals surface area contributed by atoms with Gasteiger partial charge in [0.05, 0.1) is 19.7 Å². The van der Waals surface area contributed by atoms with Crippen LogP contribution < -0.4 is 0 Å². The number of fused-ring (bicyclic) bond motifs is 7. The van der Waals surface area contributed by atoms with E-state index in [2.05, 4.69) is 118 Å². The Morgan fingerprint density at radius 3 is 1.86 bits per heavy atom. The van der Waals surface area contributed by atoms with Gasteiger partial charge >= 0.3 is 0 Å². The Hall–Kier alpha value is -5.04. The number of nitrogens with zero attached hydrogens (tertiary/aromatic N) is 4. The summed E-state index contributed by atoms with van der Waals surface area (Å²) in [5.74, 6) is 1.66. The maximum atomic E-state index is 4.77. The molecule has 0 aliphatic carbocycles. The van der Waals surface area contributed by atoms with Crippen LogP contribution in [0.3, 0.4) is 0 Å². The number of hydrogen-bond acceptors (Lipinski definition) is 4. The Bertz CT molecular complexity index is 2400. The second-order valence-corrected chi connectivity index (χ2v) is 12.7. The second-order valence-electron chi connectivity index (χ2n) is 10.3. The monoisotopic (exact) mass is 574 g/mol. The fourth-order valence-corrected chi connectivity index (χ4v) is 8.72. The minimum atomic E-state index is 0.828. The molecule has 5 aromatic carbocycles. The van der Waals surface area contributed by atoms with Crippen molar-refractivity contribution in [1.82, 2.24) is 19.3 Å². The summed E-state index contributed by atoms with van der Waals surface area (Å²) in [4.78, 5) is 0. The van der Waals surface area contributed by atoms with Crippen molar-refractivity contribution in [2.75, 3.05) is 0 Å². The molecule has 0 radical (unpaired) electrons. The Morgan fingerprint density at radius 1 is 0.500 bits per heavy atom. The zero-order chi connectivity index (χ0) is 27.6. The molecule has 42 heavy (non-hydrogen) atoms. The van der Waals surface area contributed by atoms with Gasteiger partial charge in [-0.05, 0) is 48.5 Å². The van der Waals surface area contributed by atoms with Gasteiger partial charge in [0.25, 0.3) is 0 Å². The van der Waals surface area contributed by atoms with Crippen LogP contribution in [0.1, 0.15) is 0 Å². The Labute approximate surface area is 249 Å². The SMILES string of the molecule is c1ccc(-c2nnc(-c3ccc4sc5sc6c7ccccc7n(-c7ccccc7)c6c5c4c3)n2-c2ccccc2)cc1. The minimum Gasteiger partial charge on any atom is -0.308 e. The van der Waals surface area contributed by atoms with Crippen LogP contribution in [0.5, 0.6) is 0 Å². The lowest BCUT2D eigenvalue weighted by Gasteiger charge is -2.11. The average Bonchev–Trinajstić information content (AvgIpc) is 3.81. The van der Waals surface area contributed by atoms with E-state index in [0.717, 1.165) is 28.5 Å². The summed E-state index contributed by atoms with van der Waals surface area (Å²) in [6, 6.07) is 46.9. The van der Waals surface area contributed by atoms with Gasteiger partial charge in [-0.3, -0.25) is 4.57 Å². The third-order valence-corrected chi connectivity index (χ3v) is 10.4. The number of thiophene rings is 2. The van der Waals surface area contributed by atoms with Crippen LogP contribution in [-0.2, 0) is 0 Å². The molecule has 198 valence electrons. The van der Waals surface area contributed by atoms with Crippen LogP contribution in [0, 0.1) is 0 Å². The van der Waals surface area contributed by atoms with E-state index in [1.165, 1.54) is 46.3 Å². The number of hydrogen-bond donors (Lipinski definition) is 0. The van der Waals surface area contributed by atoms with E-state index in [-0.39, 0.29) is 0 Å². The van der Waals surface area contributed by atoms with Crippen molar-refractivity contribution in [3.63, 3.8) is 0 Å². The normalized spacial score (nSPS) is 11.8. The summed E-state index contributed by atoms with van der Waals surface area (Å²) in [6.45, 7) is 0. The van der Waals surface area contributed by atoms with Crippen molar-refractivity contribution in [3.05, 3.63) is 133 Å². The molecule has 0 atom stereocenters. The van der Waals surface area contributed by atoms with E-state index < -0.39 is 0 Å². The zero-order valence-electron chi connectivity index (χ0n) is 22.3. The fourth-order valence-electron chi connectivity index (χ4n) is 6.05. The highest BCUT2D eigenvalue weighted by atomic mass is 32.2. The molecular weight excluding hydrogens is 553 g/mol. The van der Waals surface area contributed by atoms with Crippen molar-refractivity contribution >= 4 is 63.3 Å². The number of benzene rings is 5. The van der Waals surface area contributed by atoms with Gasteiger partial charge in [0, 0.05) is 43.4 Å². The standard InChI is InChI=1S/C36H22N4S2/c1-4-12-23(13-5-1)34-37-38-35(40(34)26-16-8-3-9-17-26)24-20-21-30-28(22-24)31-32-33(42-36(31)41-30)27-18-10-11-19-29(27)39(32)25-14-6-2-7-15-25/h1-22H. The van der Waals surface area contributed by atoms with Gasteiger partial charge in [0.15, 0.2) is 11.6 Å². The number of aromatic nitrogens is 4. The molecule has 0 unspecified atom stereocenters. The third-order valence-electron chi connectivity index (χ3n) is 7.90. The van der Waals surface area contributed by atoms with Crippen molar-refractivity contribution in [3.8, 4) is 34.2 Å². The summed E-state index contributed by atoms with van der Waals surface area (Å²) in [5.41, 5.74) is 6.80. The first-order valence-corrected chi connectivity index (χ1v) is 15.5. The number of rotatable bonds is 4. The van der Waals surface area contributed by atoms with Gasteiger partial charge in [-0.25, -0.2) is 0 Å². The quantitative estimate of drug-likeness (QED) is 0.210. The van der Waals surface area contributed by atoms with Gasteiger partial charge in [-0.1, -0.05) is 84.9 Å². The van der Waals surface area contributed by atoms with Crippen LogP contribution in [0.15, 0.2) is 133 Å². The predicted octanol–water partition coefficient (Wildman–Crippen LogP) is 10.1. The lowest BCUT2D eigenvalue weighted by Crippen LogP contribution is -2.00. The molecule has 6 heteroatoms. The third kappa shape index (κ3) is 3.46. The first-order chi connectivity index (χ1) is 20.8. The minimum absolute atomic E-state index is 0.828. The van der Waals surface area contributed by atoms with Crippen molar-refractivity contribution in [2.24, 2.45) is 0 Å². The van der Waals surface area contributed by atoms with Crippen molar-refractivity contribution < 1.29 is 0 Å². The lowest BCUT2D eigenvalue weighted by molar-refractivity contribution is 1.07. The highest BCUT2D eigenvalue weighted by Gasteiger charge is 2.22. The molecule has 0 N–H and O–H groups in total. The smallest absolute Gasteiger partial charge is 0.168 e. The number of para-hydroxylation sites is 3. The van der Waals surface area contributed by atoms with Crippen LogP contribution in [0.25, 0.3) is 74.8 Å². The molecule has 4 nitrogen and oxygen atoms in total. The van der Waals surface area contributed by atoms with E-state index in [9.17, 15) is 0 Å². The maximum absolute atomic E-state index is 4.77. The lowest BCUT2D eigenvalue weighted by atomic mass is 10.1. The zero-order valence-corrected chi connectivity index (χ0v) is 23.9. The van der Waals surface area contributed by atoms with Crippen molar-refractivity contribution in [2.45, 2.75) is 0 Å². The summed E-state index contributed by atoms with van der Waals surface area (Å²) in [5, 5.41) is 13.3. The van der Waals surface area contributed by atoms with Crippen molar-refractivity contribution in [1.29, 1.82) is 0 Å². The largest absolute Gasteiger partial charge is 0.308 e. The first-order valence-electron chi connectivity index (χ1n) is 13.9. The molecule has 0 bridgehead atoms. The summed E-state index contributed by atoms with van der Waals surface area (Å²) in [7, 11) is 0. The maximum Gasteiger partial charge on any atom is 0.168 e. The van der Waals surface area contributed by atoms with E-state index >= 15 is 0 Å². The molecule has 0 saturated heterocycles. The summed E-state index contributed by atoms with van der Waals surface area (Å²) in [6.07, 6.45) is 0. The highest BCUT2D eigenvalue weighted by Crippen LogP contribution is 2.49. The molecule has 4 aromatic heterocycles. The van der Waals surface area contributed by atoms with Crippen LogP contribution in [-0.4, -0.2) is 19.3 Å². The van der Waals surface area contributed by atoms with Crippen LogP contribution in [0.4, 0.5) is 0 Å². The van der Waals surface area contributed by atoms with Gasteiger partial charge in [0.1, 0.15) is 0 Å². The molecule has 0 aliphatic rings. The highest BCUT2D eigenvalue weighted by molar-refractivity contribution is 7.45. The summed E-state index contributed by atoms with van der Waals surface area (Å²) < 4.78 is 8.56. The Kier molecular flexibility index (Phi) is 5.20. The van der Waals surface area contributed by atoms with E-state index in [4.69, 9.17) is 10.2 Å². The molecule has 0 fully saturated rings. The molecule has 0 spiro atoms. The van der Waals surface area contributed by atoms with E-state index in [1.54, 1.807) is 0 Å². The molecule has 0 aliphatic heterocycles.